The monoisotopic (exact) mass is 242 g/mol. The molecule has 0 aliphatic carbocycles. The minimum absolute atomic E-state index is 0. The average molecular weight is 243 g/mol. The van der Waals surface area contributed by atoms with Crippen molar-refractivity contribution in [3.05, 3.63) is 30.1 Å². The van der Waals surface area contributed by atoms with Crippen LogP contribution in [0, 0.1) is 0 Å². The first kappa shape index (κ1) is 12.9. The molecule has 0 saturated carbocycles. The van der Waals surface area contributed by atoms with E-state index in [4.69, 9.17) is 4.74 Å². The van der Waals surface area contributed by atoms with Crippen molar-refractivity contribution in [3.8, 4) is 0 Å². The lowest BCUT2D eigenvalue weighted by Crippen LogP contribution is -2.33. The number of pyridine rings is 1. The zero-order valence-corrected chi connectivity index (χ0v) is 9.70. The maximum atomic E-state index is 11.6. The lowest BCUT2D eigenvalue weighted by molar-refractivity contribution is 0.0229. The molecule has 0 radical (unpaired) electrons. The maximum absolute atomic E-state index is 11.6. The van der Waals surface area contributed by atoms with Crippen LogP contribution >= 0.6 is 12.4 Å². The van der Waals surface area contributed by atoms with Gasteiger partial charge in [-0.3, -0.25) is 4.98 Å². The number of aromatic nitrogens is 1. The fraction of sp³-hybridized carbons (Fsp3) is 0.455. The highest BCUT2D eigenvalue weighted by molar-refractivity contribution is 5.89. The third-order valence-electron chi connectivity index (χ3n) is 2.46. The smallest absolute Gasteiger partial charge is 0.339 e. The molecule has 0 amide bonds. The topological polar surface area (TPSA) is 51.2 Å². The van der Waals surface area contributed by atoms with Crippen LogP contribution in [0.2, 0.25) is 0 Å². The summed E-state index contributed by atoms with van der Waals surface area (Å²) < 4.78 is 5.36. The zero-order chi connectivity index (χ0) is 10.5. The Morgan fingerprint density at radius 3 is 2.81 bits per heavy atom. The summed E-state index contributed by atoms with van der Waals surface area (Å²) in [4.78, 5) is 15.5. The van der Waals surface area contributed by atoms with Gasteiger partial charge >= 0.3 is 5.97 Å². The molecule has 1 aliphatic heterocycles. The molecule has 2 rings (SSSR count). The van der Waals surface area contributed by atoms with E-state index in [2.05, 4.69) is 10.3 Å². The van der Waals surface area contributed by atoms with Crippen molar-refractivity contribution in [2.45, 2.75) is 18.9 Å². The molecule has 1 N–H and O–H groups in total. The van der Waals surface area contributed by atoms with Crippen LogP contribution in [-0.4, -0.2) is 30.1 Å². The van der Waals surface area contributed by atoms with E-state index in [1.807, 2.05) is 0 Å². The van der Waals surface area contributed by atoms with E-state index < -0.39 is 0 Å². The number of hydrogen-bond donors (Lipinski definition) is 1. The van der Waals surface area contributed by atoms with Crippen LogP contribution < -0.4 is 5.32 Å². The van der Waals surface area contributed by atoms with Gasteiger partial charge in [-0.15, -0.1) is 12.4 Å². The molecule has 0 aromatic carbocycles. The van der Waals surface area contributed by atoms with Gasteiger partial charge in [0.1, 0.15) is 6.10 Å². The van der Waals surface area contributed by atoms with Crippen molar-refractivity contribution in [3.63, 3.8) is 0 Å². The zero-order valence-electron chi connectivity index (χ0n) is 8.89. The number of esters is 1. The quantitative estimate of drug-likeness (QED) is 0.797. The van der Waals surface area contributed by atoms with Crippen molar-refractivity contribution >= 4 is 18.4 Å². The molecular formula is C11H15ClN2O2. The van der Waals surface area contributed by atoms with Gasteiger partial charge in [0, 0.05) is 12.4 Å². The molecular weight excluding hydrogens is 228 g/mol. The highest BCUT2D eigenvalue weighted by Crippen LogP contribution is 2.10. The highest BCUT2D eigenvalue weighted by atomic mass is 35.5. The number of hydrogen-bond acceptors (Lipinski definition) is 4. The Morgan fingerprint density at radius 1 is 1.44 bits per heavy atom. The third-order valence-corrected chi connectivity index (χ3v) is 2.46. The Morgan fingerprint density at radius 2 is 2.19 bits per heavy atom. The highest BCUT2D eigenvalue weighted by Gasteiger charge is 2.18. The Balaban J connectivity index is 0.00000128. The Kier molecular flexibility index (Phi) is 5.22. The second kappa shape index (κ2) is 6.45. The van der Waals surface area contributed by atoms with Crippen molar-refractivity contribution < 1.29 is 9.53 Å². The van der Waals surface area contributed by atoms with Gasteiger partial charge in [0.15, 0.2) is 0 Å². The Hall–Kier alpha value is -1.13. The van der Waals surface area contributed by atoms with E-state index in [0.29, 0.717) is 5.56 Å². The lowest BCUT2D eigenvalue weighted by atomic mass is 10.1. The molecule has 16 heavy (non-hydrogen) atoms. The fourth-order valence-electron chi connectivity index (χ4n) is 1.62. The number of carbonyl (C=O) groups excluding carboxylic acids is 1. The van der Waals surface area contributed by atoms with E-state index in [9.17, 15) is 4.79 Å². The van der Waals surface area contributed by atoms with Crippen LogP contribution in [0.1, 0.15) is 23.2 Å². The summed E-state index contributed by atoms with van der Waals surface area (Å²) in [5.74, 6) is -0.269. The maximum Gasteiger partial charge on any atom is 0.339 e. The first-order valence-electron chi connectivity index (χ1n) is 5.18. The first-order chi connectivity index (χ1) is 7.36. The van der Waals surface area contributed by atoms with E-state index in [-0.39, 0.29) is 24.5 Å². The van der Waals surface area contributed by atoms with Gasteiger partial charge in [-0.2, -0.15) is 0 Å². The molecule has 1 aliphatic rings. The van der Waals surface area contributed by atoms with Crippen LogP contribution in [0.3, 0.4) is 0 Å². The van der Waals surface area contributed by atoms with Crippen molar-refractivity contribution in [1.82, 2.24) is 10.3 Å². The predicted octanol–water partition coefficient (Wildman–Crippen LogP) is 1.41. The van der Waals surface area contributed by atoms with Crippen LogP contribution in [0.5, 0.6) is 0 Å². The molecule has 0 bridgehead atoms. The number of nitrogens with zero attached hydrogens (tertiary/aromatic N) is 1. The standard InChI is InChI=1S/C11H14N2O2.ClH/c14-11(9-2-1-5-13-8-9)15-10-3-6-12-7-4-10;/h1-2,5,8,10,12H,3-4,6-7H2;1H. The van der Waals surface area contributed by atoms with E-state index in [1.165, 1.54) is 6.20 Å². The molecule has 1 aromatic heterocycles. The van der Waals surface area contributed by atoms with Crippen molar-refractivity contribution in [2.24, 2.45) is 0 Å². The first-order valence-corrected chi connectivity index (χ1v) is 5.18. The van der Waals surface area contributed by atoms with Gasteiger partial charge in [-0.25, -0.2) is 4.79 Å². The third kappa shape index (κ3) is 3.47. The Bertz CT molecular complexity index is 326. The summed E-state index contributed by atoms with van der Waals surface area (Å²) >= 11 is 0. The van der Waals surface area contributed by atoms with Gasteiger partial charge in [0.25, 0.3) is 0 Å². The lowest BCUT2D eigenvalue weighted by Gasteiger charge is -2.22. The van der Waals surface area contributed by atoms with Gasteiger partial charge < -0.3 is 10.1 Å². The van der Waals surface area contributed by atoms with Gasteiger partial charge in [0.05, 0.1) is 5.56 Å². The number of nitrogens with one attached hydrogen (secondary N) is 1. The number of piperidine rings is 1. The van der Waals surface area contributed by atoms with E-state index >= 15 is 0 Å². The fourth-order valence-corrected chi connectivity index (χ4v) is 1.62. The molecule has 88 valence electrons. The van der Waals surface area contributed by atoms with Crippen molar-refractivity contribution in [1.29, 1.82) is 0 Å². The summed E-state index contributed by atoms with van der Waals surface area (Å²) in [6.45, 7) is 1.84. The van der Waals surface area contributed by atoms with Crippen LogP contribution in [0.15, 0.2) is 24.5 Å². The number of halogens is 1. The summed E-state index contributed by atoms with van der Waals surface area (Å²) in [6.07, 6.45) is 5.02. The second-order valence-corrected chi connectivity index (χ2v) is 3.60. The van der Waals surface area contributed by atoms with Crippen LogP contribution in [-0.2, 0) is 4.74 Å². The SMILES string of the molecule is Cl.O=C(OC1CCNCC1)c1cccnc1. The van der Waals surface area contributed by atoms with Gasteiger partial charge in [-0.05, 0) is 38.1 Å². The Labute approximate surface area is 101 Å². The summed E-state index contributed by atoms with van der Waals surface area (Å²) in [5.41, 5.74) is 0.524. The molecule has 0 unspecified atom stereocenters. The number of carbonyl (C=O) groups is 1. The molecule has 4 nitrogen and oxygen atoms in total. The normalized spacial score (nSPS) is 16.2. The summed E-state index contributed by atoms with van der Waals surface area (Å²) in [7, 11) is 0. The van der Waals surface area contributed by atoms with Crippen LogP contribution in [0.4, 0.5) is 0 Å². The summed E-state index contributed by atoms with van der Waals surface area (Å²) in [5, 5.41) is 3.22. The second-order valence-electron chi connectivity index (χ2n) is 3.60. The molecule has 5 heteroatoms. The number of ether oxygens (including phenoxy) is 1. The van der Waals surface area contributed by atoms with Crippen LogP contribution in [0.25, 0.3) is 0 Å². The molecule has 1 saturated heterocycles. The molecule has 0 spiro atoms. The van der Waals surface area contributed by atoms with Crippen molar-refractivity contribution in [2.75, 3.05) is 13.1 Å². The minimum Gasteiger partial charge on any atom is -0.459 e. The van der Waals surface area contributed by atoms with E-state index in [0.717, 1.165) is 25.9 Å². The minimum atomic E-state index is -0.269. The molecule has 1 fully saturated rings. The largest absolute Gasteiger partial charge is 0.459 e. The number of rotatable bonds is 2. The summed E-state index contributed by atoms with van der Waals surface area (Å²) in [6, 6.07) is 3.45. The molecule has 2 heterocycles. The molecule has 0 atom stereocenters. The van der Waals surface area contributed by atoms with Gasteiger partial charge in [-0.1, -0.05) is 0 Å². The van der Waals surface area contributed by atoms with E-state index in [1.54, 1.807) is 18.3 Å². The predicted molar refractivity (Wildman–Crippen MR) is 62.8 cm³/mol. The average Bonchev–Trinajstić information content (AvgIpc) is 2.31. The molecule has 1 aromatic rings. The van der Waals surface area contributed by atoms with Gasteiger partial charge in [0.2, 0.25) is 0 Å².